The van der Waals surface area contributed by atoms with E-state index in [1.807, 2.05) is 31.2 Å². The number of amides is 1. The van der Waals surface area contributed by atoms with Crippen LogP contribution in [0.4, 0.5) is 14.5 Å². The molecule has 7 nitrogen and oxygen atoms in total. The van der Waals surface area contributed by atoms with Crippen molar-refractivity contribution in [1.82, 2.24) is 19.3 Å². The monoisotopic (exact) mass is 441 g/mol. The Labute approximate surface area is 179 Å². The van der Waals surface area contributed by atoms with E-state index >= 15 is 0 Å². The quantitative estimate of drug-likeness (QED) is 0.460. The van der Waals surface area contributed by atoms with Crippen LogP contribution in [0.1, 0.15) is 5.56 Å². The van der Waals surface area contributed by atoms with E-state index in [0.29, 0.717) is 33.4 Å². The van der Waals surface area contributed by atoms with E-state index in [0.717, 1.165) is 11.3 Å². The summed E-state index contributed by atoms with van der Waals surface area (Å²) in [7, 11) is 0. The van der Waals surface area contributed by atoms with Gasteiger partial charge in [0.05, 0.1) is 11.9 Å². The first kappa shape index (κ1) is 20.7. The Morgan fingerprint density at radius 3 is 2.61 bits per heavy atom. The van der Waals surface area contributed by atoms with Gasteiger partial charge in [-0.05, 0) is 42.8 Å². The van der Waals surface area contributed by atoms with Gasteiger partial charge in [0, 0.05) is 10.6 Å². The molecule has 0 aliphatic carbocycles. The smallest absolute Gasteiger partial charge is 0.288 e. The molecule has 31 heavy (non-hydrogen) atoms. The number of hydrogen-bond acceptors (Lipinski definition) is 5. The molecular weight excluding hydrogens is 424 g/mol. The third-order valence-electron chi connectivity index (χ3n) is 4.58. The molecule has 1 amide bonds. The van der Waals surface area contributed by atoms with Crippen LogP contribution in [0.2, 0.25) is 0 Å². The lowest BCUT2D eigenvalue weighted by Gasteiger charge is -2.09. The minimum atomic E-state index is -2.51. The number of aryl methyl sites for hydroxylation is 1. The predicted molar refractivity (Wildman–Crippen MR) is 115 cm³/mol. The maximum Gasteiger partial charge on any atom is 0.288 e. The third-order valence-corrected chi connectivity index (χ3v) is 5.30. The summed E-state index contributed by atoms with van der Waals surface area (Å²) in [4.78, 5) is 29.9. The number of alkyl halides is 2. The van der Waals surface area contributed by atoms with Gasteiger partial charge >= 0.3 is 0 Å². The molecular formula is C21H17F2N5O2S. The molecule has 0 bridgehead atoms. The standard InChI is InChI=1S/C21H17F2N5O2S/c1-13-4-2-3-5-17(13)28-19-16(10-25-28)20(30)27(12-24-19)11-18(29)26-14-6-8-15(9-7-14)31-21(22)23/h2-10,12,21H,11H2,1H3,(H,26,29). The van der Waals surface area contributed by atoms with Gasteiger partial charge in [-0.25, -0.2) is 9.67 Å². The second kappa shape index (κ2) is 8.68. The van der Waals surface area contributed by atoms with Crippen LogP contribution in [0.3, 0.4) is 0 Å². The summed E-state index contributed by atoms with van der Waals surface area (Å²) in [5.74, 6) is -2.95. The number of nitrogens with zero attached hydrogens (tertiary/aromatic N) is 4. The highest BCUT2D eigenvalue weighted by molar-refractivity contribution is 7.99. The van der Waals surface area contributed by atoms with Gasteiger partial charge in [0.1, 0.15) is 18.3 Å². The lowest BCUT2D eigenvalue weighted by atomic mass is 10.2. The van der Waals surface area contributed by atoms with Crippen LogP contribution in [0.15, 0.2) is 70.7 Å². The van der Waals surface area contributed by atoms with Crippen LogP contribution < -0.4 is 10.9 Å². The normalized spacial score (nSPS) is 11.2. The fraction of sp³-hybridized carbons (Fsp3) is 0.143. The minimum absolute atomic E-state index is 0.245. The van der Waals surface area contributed by atoms with E-state index in [2.05, 4.69) is 15.4 Å². The van der Waals surface area contributed by atoms with E-state index in [1.54, 1.807) is 4.68 Å². The van der Waals surface area contributed by atoms with E-state index in [1.165, 1.54) is 41.4 Å². The number of fused-ring (bicyclic) bond motifs is 1. The van der Waals surface area contributed by atoms with Gasteiger partial charge in [0.15, 0.2) is 5.65 Å². The van der Waals surface area contributed by atoms with Crippen molar-refractivity contribution in [2.24, 2.45) is 0 Å². The molecule has 158 valence electrons. The molecule has 4 rings (SSSR count). The van der Waals surface area contributed by atoms with Crippen LogP contribution in [0.25, 0.3) is 16.7 Å². The molecule has 2 aromatic carbocycles. The maximum absolute atomic E-state index is 12.8. The molecule has 4 aromatic rings. The summed E-state index contributed by atoms with van der Waals surface area (Å²) in [6.45, 7) is 1.69. The number of halogens is 2. The summed E-state index contributed by atoms with van der Waals surface area (Å²) < 4.78 is 27.6. The fourth-order valence-electron chi connectivity index (χ4n) is 3.11. The minimum Gasteiger partial charge on any atom is -0.325 e. The van der Waals surface area contributed by atoms with Crippen molar-refractivity contribution >= 4 is 34.4 Å². The molecule has 0 saturated heterocycles. The largest absolute Gasteiger partial charge is 0.325 e. The van der Waals surface area contributed by atoms with Crippen molar-refractivity contribution in [1.29, 1.82) is 0 Å². The van der Waals surface area contributed by atoms with Crippen LogP contribution in [-0.4, -0.2) is 31.0 Å². The Kier molecular flexibility index (Phi) is 5.81. The Morgan fingerprint density at radius 2 is 1.90 bits per heavy atom. The predicted octanol–water partition coefficient (Wildman–Crippen LogP) is 3.84. The first-order valence-corrected chi connectivity index (χ1v) is 10.1. The highest BCUT2D eigenvalue weighted by Crippen LogP contribution is 2.26. The molecule has 0 aliphatic rings. The van der Waals surface area contributed by atoms with E-state index < -0.39 is 11.7 Å². The fourth-order valence-corrected chi connectivity index (χ4v) is 3.61. The SMILES string of the molecule is Cc1ccccc1-n1ncc2c(=O)n(CC(=O)Nc3ccc(SC(F)F)cc3)cnc21. The van der Waals surface area contributed by atoms with Crippen molar-refractivity contribution in [2.45, 2.75) is 24.1 Å². The summed E-state index contributed by atoms with van der Waals surface area (Å²) in [6, 6.07) is 13.6. The zero-order valence-corrected chi connectivity index (χ0v) is 17.1. The molecule has 1 N–H and O–H groups in total. The molecule has 0 saturated carbocycles. The van der Waals surface area contributed by atoms with Crippen molar-refractivity contribution in [2.75, 3.05) is 5.32 Å². The number of carbonyl (C=O) groups excluding carboxylic acids is 1. The van der Waals surface area contributed by atoms with Crippen molar-refractivity contribution in [3.05, 3.63) is 77.0 Å². The van der Waals surface area contributed by atoms with Gasteiger partial charge < -0.3 is 5.32 Å². The number of carbonyl (C=O) groups is 1. The topological polar surface area (TPSA) is 81.8 Å². The second-order valence-electron chi connectivity index (χ2n) is 6.71. The van der Waals surface area contributed by atoms with Crippen LogP contribution >= 0.6 is 11.8 Å². The average molecular weight is 441 g/mol. The van der Waals surface area contributed by atoms with Crippen LogP contribution in [0, 0.1) is 6.92 Å². The summed E-state index contributed by atoms with van der Waals surface area (Å²) in [6.07, 6.45) is 2.74. The van der Waals surface area contributed by atoms with E-state index in [9.17, 15) is 18.4 Å². The summed E-state index contributed by atoms with van der Waals surface area (Å²) in [5, 5.41) is 7.23. The van der Waals surface area contributed by atoms with Crippen molar-refractivity contribution in [3.8, 4) is 5.69 Å². The van der Waals surface area contributed by atoms with Gasteiger partial charge in [-0.2, -0.15) is 13.9 Å². The summed E-state index contributed by atoms with van der Waals surface area (Å²) in [5.41, 5.74) is 2.26. The first-order chi connectivity index (χ1) is 14.9. The molecule has 0 unspecified atom stereocenters. The third kappa shape index (κ3) is 4.48. The number of nitrogens with one attached hydrogen (secondary N) is 1. The number of aromatic nitrogens is 4. The van der Waals surface area contributed by atoms with Gasteiger partial charge in [0.2, 0.25) is 5.91 Å². The molecule has 0 aliphatic heterocycles. The van der Waals surface area contributed by atoms with Gasteiger partial charge in [-0.3, -0.25) is 14.2 Å². The molecule has 0 spiro atoms. The maximum atomic E-state index is 12.8. The number of anilines is 1. The Morgan fingerprint density at radius 1 is 1.16 bits per heavy atom. The van der Waals surface area contributed by atoms with Gasteiger partial charge in [-0.1, -0.05) is 30.0 Å². The molecule has 0 atom stereocenters. The van der Waals surface area contributed by atoms with Gasteiger partial charge in [0.25, 0.3) is 11.3 Å². The molecule has 10 heteroatoms. The summed E-state index contributed by atoms with van der Waals surface area (Å²) >= 11 is 0.425. The number of hydrogen-bond donors (Lipinski definition) is 1. The van der Waals surface area contributed by atoms with Crippen LogP contribution in [-0.2, 0) is 11.3 Å². The molecule has 2 aromatic heterocycles. The number of thioether (sulfide) groups is 1. The second-order valence-corrected chi connectivity index (χ2v) is 7.77. The van der Waals surface area contributed by atoms with Crippen LogP contribution in [0.5, 0.6) is 0 Å². The number of benzene rings is 2. The number of rotatable bonds is 6. The van der Waals surface area contributed by atoms with Crippen molar-refractivity contribution < 1.29 is 13.6 Å². The Bertz CT molecular complexity index is 1300. The Balaban J connectivity index is 1.53. The van der Waals surface area contributed by atoms with Gasteiger partial charge in [-0.15, -0.1) is 0 Å². The average Bonchev–Trinajstić information content (AvgIpc) is 3.16. The molecule has 2 heterocycles. The zero-order valence-electron chi connectivity index (χ0n) is 16.3. The van der Waals surface area contributed by atoms with E-state index in [4.69, 9.17) is 0 Å². The number of para-hydroxylation sites is 1. The zero-order chi connectivity index (χ0) is 22.0. The van der Waals surface area contributed by atoms with Crippen molar-refractivity contribution in [3.63, 3.8) is 0 Å². The highest BCUT2D eigenvalue weighted by atomic mass is 32.2. The lowest BCUT2D eigenvalue weighted by molar-refractivity contribution is -0.116. The Hall–Kier alpha value is -3.53. The molecule has 0 fully saturated rings. The van der Waals surface area contributed by atoms with E-state index in [-0.39, 0.29) is 12.1 Å². The highest BCUT2D eigenvalue weighted by Gasteiger charge is 2.14. The first-order valence-electron chi connectivity index (χ1n) is 9.26. The molecule has 0 radical (unpaired) electrons. The lowest BCUT2D eigenvalue weighted by Crippen LogP contribution is -2.27.